The normalized spacial score (nSPS) is 13.4. The Bertz CT molecular complexity index is 393. The van der Waals surface area contributed by atoms with Crippen LogP contribution in [0, 0.1) is 0 Å². The van der Waals surface area contributed by atoms with Crippen molar-refractivity contribution in [3.8, 4) is 5.75 Å². The Morgan fingerprint density at radius 3 is 2.56 bits per heavy atom. The molecule has 0 aliphatic carbocycles. The topological polar surface area (TPSA) is 55.5 Å². The molecule has 0 spiro atoms. The fourth-order valence-electron chi connectivity index (χ4n) is 1.36. The van der Waals surface area contributed by atoms with Crippen LogP contribution in [0.15, 0.2) is 18.2 Å². The average molecular weight is 263 g/mol. The lowest BCUT2D eigenvalue weighted by molar-refractivity contribution is -0.139. The molecule has 0 aromatic heterocycles. The molecule has 0 fully saturated rings. The van der Waals surface area contributed by atoms with E-state index in [-0.39, 0.29) is 18.9 Å². The lowest BCUT2D eigenvalue weighted by atomic mass is 10.1. The zero-order chi connectivity index (χ0) is 13.8. The van der Waals surface area contributed by atoms with Gasteiger partial charge in [0.2, 0.25) is 0 Å². The number of rotatable bonds is 5. The molecule has 0 saturated carbocycles. The maximum Gasteiger partial charge on any atom is 0.419 e. The van der Waals surface area contributed by atoms with E-state index in [1.54, 1.807) is 6.92 Å². The first-order chi connectivity index (χ1) is 8.38. The SMILES string of the molecule is CCC(O)COc1ccc(CN)cc1C(F)(F)F. The zero-order valence-electron chi connectivity index (χ0n) is 10.00. The lowest BCUT2D eigenvalue weighted by Gasteiger charge is -2.16. The van der Waals surface area contributed by atoms with Gasteiger partial charge in [0, 0.05) is 6.54 Å². The first-order valence-corrected chi connectivity index (χ1v) is 5.59. The van der Waals surface area contributed by atoms with E-state index in [4.69, 9.17) is 10.5 Å². The number of nitrogens with two attached hydrogens (primary N) is 1. The van der Waals surface area contributed by atoms with Gasteiger partial charge in [-0.3, -0.25) is 0 Å². The van der Waals surface area contributed by atoms with Crippen molar-refractivity contribution in [2.45, 2.75) is 32.2 Å². The third-order valence-electron chi connectivity index (χ3n) is 2.49. The van der Waals surface area contributed by atoms with Crippen molar-refractivity contribution in [2.75, 3.05) is 6.61 Å². The van der Waals surface area contributed by atoms with E-state index in [2.05, 4.69) is 0 Å². The summed E-state index contributed by atoms with van der Waals surface area (Å²) in [5.74, 6) is -0.285. The summed E-state index contributed by atoms with van der Waals surface area (Å²) in [6, 6.07) is 3.67. The Morgan fingerprint density at radius 2 is 2.06 bits per heavy atom. The minimum atomic E-state index is -4.50. The van der Waals surface area contributed by atoms with Gasteiger partial charge in [0.05, 0.1) is 11.7 Å². The van der Waals surface area contributed by atoms with Gasteiger partial charge >= 0.3 is 6.18 Å². The van der Waals surface area contributed by atoms with Gasteiger partial charge in [0.25, 0.3) is 0 Å². The quantitative estimate of drug-likeness (QED) is 0.857. The minimum Gasteiger partial charge on any atom is -0.490 e. The number of aliphatic hydroxyl groups excluding tert-OH is 1. The maximum absolute atomic E-state index is 12.8. The van der Waals surface area contributed by atoms with Gasteiger partial charge in [-0.25, -0.2) is 0 Å². The van der Waals surface area contributed by atoms with Crippen LogP contribution in [0.5, 0.6) is 5.75 Å². The Hall–Kier alpha value is -1.27. The molecule has 0 heterocycles. The van der Waals surface area contributed by atoms with Crippen LogP contribution in [0.2, 0.25) is 0 Å². The van der Waals surface area contributed by atoms with Crippen molar-refractivity contribution in [3.63, 3.8) is 0 Å². The van der Waals surface area contributed by atoms with Gasteiger partial charge in [-0.2, -0.15) is 13.2 Å². The van der Waals surface area contributed by atoms with Crippen LogP contribution in [0.4, 0.5) is 13.2 Å². The molecule has 0 bridgehead atoms. The fraction of sp³-hybridized carbons (Fsp3) is 0.500. The predicted molar refractivity (Wildman–Crippen MR) is 61.1 cm³/mol. The molecule has 6 heteroatoms. The molecular weight excluding hydrogens is 247 g/mol. The van der Waals surface area contributed by atoms with Crippen molar-refractivity contribution in [1.29, 1.82) is 0 Å². The second-order valence-electron chi connectivity index (χ2n) is 3.91. The molecular formula is C12H16F3NO2. The molecule has 0 aliphatic rings. The van der Waals surface area contributed by atoms with Gasteiger partial charge in [-0.1, -0.05) is 13.0 Å². The van der Waals surface area contributed by atoms with Crippen LogP contribution in [-0.4, -0.2) is 17.8 Å². The van der Waals surface area contributed by atoms with E-state index in [9.17, 15) is 18.3 Å². The highest BCUT2D eigenvalue weighted by Gasteiger charge is 2.34. The number of hydrogen-bond acceptors (Lipinski definition) is 3. The van der Waals surface area contributed by atoms with Crippen molar-refractivity contribution < 1.29 is 23.0 Å². The molecule has 0 aliphatic heterocycles. The van der Waals surface area contributed by atoms with Crippen molar-refractivity contribution in [2.24, 2.45) is 5.73 Å². The highest BCUT2D eigenvalue weighted by molar-refractivity contribution is 5.39. The molecule has 3 nitrogen and oxygen atoms in total. The smallest absolute Gasteiger partial charge is 0.419 e. The summed E-state index contributed by atoms with van der Waals surface area (Å²) in [7, 11) is 0. The highest BCUT2D eigenvalue weighted by atomic mass is 19.4. The van der Waals surface area contributed by atoms with Gasteiger partial charge in [0.15, 0.2) is 0 Å². The Kier molecular flexibility index (Phi) is 4.98. The summed E-state index contributed by atoms with van der Waals surface area (Å²) in [6.07, 6.45) is -4.86. The van der Waals surface area contributed by atoms with Crippen molar-refractivity contribution in [1.82, 2.24) is 0 Å². The molecule has 1 rings (SSSR count). The van der Waals surface area contributed by atoms with Crippen LogP contribution in [0.3, 0.4) is 0 Å². The minimum absolute atomic E-state index is 0.0287. The molecule has 0 radical (unpaired) electrons. The summed E-state index contributed by atoms with van der Waals surface area (Å²) in [4.78, 5) is 0. The van der Waals surface area contributed by atoms with E-state index in [0.29, 0.717) is 12.0 Å². The average Bonchev–Trinajstić information content (AvgIpc) is 2.34. The highest BCUT2D eigenvalue weighted by Crippen LogP contribution is 2.36. The van der Waals surface area contributed by atoms with Crippen LogP contribution < -0.4 is 10.5 Å². The van der Waals surface area contributed by atoms with E-state index in [0.717, 1.165) is 6.07 Å². The molecule has 18 heavy (non-hydrogen) atoms. The lowest BCUT2D eigenvalue weighted by Crippen LogP contribution is -2.18. The number of alkyl halides is 3. The largest absolute Gasteiger partial charge is 0.490 e. The third kappa shape index (κ3) is 3.89. The molecule has 1 aromatic rings. The summed E-state index contributed by atoms with van der Waals surface area (Å²) in [5.41, 5.74) is 4.82. The van der Waals surface area contributed by atoms with E-state index in [1.165, 1.54) is 12.1 Å². The second-order valence-corrected chi connectivity index (χ2v) is 3.91. The Morgan fingerprint density at radius 1 is 1.39 bits per heavy atom. The van der Waals surface area contributed by atoms with Gasteiger partial charge in [0.1, 0.15) is 12.4 Å². The van der Waals surface area contributed by atoms with Crippen LogP contribution >= 0.6 is 0 Å². The molecule has 1 atom stereocenters. The predicted octanol–water partition coefficient (Wildman–Crippen LogP) is 2.31. The summed E-state index contributed by atoms with van der Waals surface area (Å²) >= 11 is 0. The third-order valence-corrected chi connectivity index (χ3v) is 2.49. The molecule has 102 valence electrons. The standard InChI is InChI=1S/C12H16F3NO2/c1-2-9(17)7-18-11-4-3-8(6-16)5-10(11)12(13,14)15/h3-5,9,17H,2,6-7,16H2,1H3. The molecule has 1 aromatic carbocycles. The van der Waals surface area contributed by atoms with Crippen molar-refractivity contribution in [3.05, 3.63) is 29.3 Å². The van der Waals surface area contributed by atoms with Crippen LogP contribution in [-0.2, 0) is 12.7 Å². The van der Waals surface area contributed by atoms with Gasteiger partial charge in [-0.05, 0) is 24.1 Å². The maximum atomic E-state index is 12.8. The van der Waals surface area contributed by atoms with Crippen LogP contribution in [0.25, 0.3) is 0 Å². The first kappa shape index (κ1) is 14.8. The summed E-state index contributed by atoms with van der Waals surface area (Å²) < 4.78 is 43.4. The number of halogens is 3. The number of hydrogen-bond donors (Lipinski definition) is 2. The Labute approximate surface area is 103 Å². The molecule has 0 saturated heterocycles. The number of benzene rings is 1. The molecule has 1 unspecified atom stereocenters. The summed E-state index contributed by atoms with van der Waals surface area (Å²) in [6.45, 7) is 1.58. The second kappa shape index (κ2) is 6.06. The molecule has 0 amide bonds. The zero-order valence-corrected chi connectivity index (χ0v) is 10.00. The summed E-state index contributed by atoms with van der Waals surface area (Å²) in [5, 5.41) is 9.29. The fourth-order valence-corrected chi connectivity index (χ4v) is 1.36. The van der Waals surface area contributed by atoms with E-state index < -0.39 is 17.8 Å². The van der Waals surface area contributed by atoms with Crippen molar-refractivity contribution >= 4 is 0 Å². The number of ether oxygens (including phenoxy) is 1. The van der Waals surface area contributed by atoms with Crippen LogP contribution in [0.1, 0.15) is 24.5 Å². The first-order valence-electron chi connectivity index (χ1n) is 5.59. The Balaban J connectivity index is 2.96. The van der Waals surface area contributed by atoms with Gasteiger partial charge < -0.3 is 15.6 Å². The van der Waals surface area contributed by atoms with E-state index in [1.807, 2.05) is 0 Å². The molecule has 3 N–H and O–H groups in total. The number of aliphatic hydroxyl groups is 1. The van der Waals surface area contributed by atoms with E-state index >= 15 is 0 Å². The monoisotopic (exact) mass is 263 g/mol. The van der Waals surface area contributed by atoms with Gasteiger partial charge in [-0.15, -0.1) is 0 Å².